The summed E-state index contributed by atoms with van der Waals surface area (Å²) in [5, 5.41) is 5.81. The van der Waals surface area contributed by atoms with Gasteiger partial charge in [-0.15, -0.1) is 0 Å². The second-order valence-corrected chi connectivity index (χ2v) is 9.66. The quantitative estimate of drug-likeness (QED) is 0.738. The van der Waals surface area contributed by atoms with Crippen molar-refractivity contribution in [1.82, 2.24) is 15.5 Å². The van der Waals surface area contributed by atoms with Crippen molar-refractivity contribution < 1.29 is 14.4 Å². The molecular formula is C20H31N3O3. The Morgan fingerprint density at radius 2 is 1.65 bits per heavy atom. The molecule has 0 radical (unpaired) electrons. The van der Waals surface area contributed by atoms with Gasteiger partial charge in [-0.25, -0.2) is 4.79 Å². The van der Waals surface area contributed by atoms with Crippen LogP contribution in [0.4, 0.5) is 4.79 Å². The SMILES string of the molecule is CC(C)[C@H]1NC(=O)N(CC(=O)N[C@H](C)C23CC4CC(CC(C4)C2)C3)C1=O. The number of hydrogen-bond donors (Lipinski definition) is 2. The zero-order valence-electron chi connectivity index (χ0n) is 16.1. The number of carbonyl (C=O) groups is 3. The van der Waals surface area contributed by atoms with E-state index in [1.807, 2.05) is 13.8 Å². The number of imide groups is 1. The van der Waals surface area contributed by atoms with Crippen LogP contribution in [0, 0.1) is 29.1 Å². The van der Waals surface area contributed by atoms with Crippen LogP contribution in [0.25, 0.3) is 0 Å². The van der Waals surface area contributed by atoms with E-state index in [-0.39, 0.29) is 35.7 Å². The monoisotopic (exact) mass is 361 g/mol. The van der Waals surface area contributed by atoms with Crippen LogP contribution in [0.15, 0.2) is 0 Å². The van der Waals surface area contributed by atoms with Crippen molar-refractivity contribution >= 4 is 17.8 Å². The Morgan fingerprint density at radius 1 is 1.12 bits per heavy atom. The zero-order valence-corrected chi connectivity index (χ0v) is 16.1. The van der Waals surface area contributed by atoms with Crippen LogP contribution in [-0.4, -0.2) is 41.4 Å². The minimum Gasteiger partial charge on any atom is -0.352 e. The van der Waals surface area contributed by atoms with Crippen molar-refractivity contribution in [2.45, 2.75) is 71.4 Å². The largest absolute Gasteiger partial charge is 0.352 e. The summed E-state index contributed by atoms with van der Waals surface area (Å²) in [5.74, 6) is 2.00. The van der Waals surface area contributed by atoms with Crippen LogP contribution in [-0.2, 0) is 9.59 Å². The molecule has 4 saturated carbocycles. The van der Waals surface area contributed by atoms with Gasteiger partial charge in [-0.3, -0.25) is 14.5 Å². The number of urea groups is 1. The molecule has 2 N–H and O–H groups in total. The molecule has 0 aromatic rings. The highest BCUT2D eigenvalue weighted by atomic mass is 16.2. The van der Waals surface area contributed by atoms with Crippen LogP contribution in [0.5, 0.6) is 0 Å². The summed E-state index contributed by atoms with van der Waals surface area (Å²) >= 11 is 0. The highest BCUT2D eigenvalue weighted by Gasteiger charge is 2.53. The number of carbonyl (C=O) groups excluding carboxylic acids is 3. The Hall–Kier alpha value is -1.59. The summed E-state index contributed by atoms with van der Waals surface area (Å²) in [6.45, 7) is 5.72. The van der Waals surface area contributed by atoms with Gasteiger partial charge in [0.2, 0.25) is 5.91 Å². The number of nitrogens with zero attached hydrogens (tertiary/aromatic N) is 1. The third-order valence-electron chi connectivity index (χ3n) is 7.41. The van der Waals surface area contributed by atoms with Gasteiger partial charge in [0.25, 0.3) is 5.91 Å². The van der Waals surface area contributed by atoms with Gasteiger partial charge in [0.1, 0.15) is 12.6 Å². The molecule has 1 aliphatic heterocycles. The Morgan fingerprint density at radius 3 is 2.12 bits per heavy atom. The lowest BCUT2D eigenvalue weighted by Gasteiger charge is -2.59. The van der Waals surface area contributed by atoms with Gasteiger partial charge in [0, 0.05) is 6.04 Å². The molecule has 5 fully saturated rings. The van der Waals surface area contributed by atoms with Gasteiger partial charge >= 0.3 is 6.03 Å². The van der Waals surface area contributed by atoms with Gasteiger partial charge < -0.3 is 10.6 Å². The number of amides is 4. The molecule has 1 heterocycles. The van der Waals surface area contributed by atoms with E-state index in [2.05, 4.69) is 17.6 Å². The standard InChI is InChI=1S/C20H31N3O3/c1-11(2)17-18(25)23(19(26)22-17)10-16(24)21-12(3)20-7-13-4-14(8-20)6-15(5-13)9-20/h11-15,17H,4-10H2,1-3H3,(H,21,24)(H,22,26)/t12-,13?,14?,15?,17-,20?/m1/s1. The number of nitrogens with one attached hydrogen (secondary N) is 2. The average Bonchev–Trinajstić information content (AvgIpc) is 2.82. The van der Waals surface area contributed by atoms with Crippen LogP contribution in [0.1, 0.15) is 59.3 Å². The minimum absolute atomic E-state index is 0.0189. The van der Waals surface area contributed by atoms with E-state index in [4.69, 9.17) is 0 Å². The summed E-state index contributed by atoms with van der Waals surface area (Å²) in [5.41, 5.74) is 0.224. The van der Waals surface area contributed by atoms with E-state index in [1.165, 1.54) is 38.5 Å². The van der Waals surface area contributed by atoms with E-state index < -0.39 is 12.1 Å². The first kappa shape index (κ1) is 17.8. The molecule has 26 heavy (non-hydrogen) atoms. The summed E-state index contributed by atoms with van der Waals surface area (Å²) in [6.07, 6.45) is 7.79. The zero-order chi connectivity index (χ0) is 18.6. The van der Waals surface area contributed by atoms with E-state index in [0.29, 0.717) is 0 Å². The van der Waals surface area contributed by atoms with E-state index >= 15 is 0 Å². The molecular weight excluding hydrogens is 330 g/mol. The Bertz CT molecular complexity index is 595. The molecule has 5 aliphatic rings. The summed E-state index contributed by atoms with van der Waals surface area (Å²) in [7, 11) is 0. The van der Waals surface area contributed by atoms with Crippen LogP contribution < -0.4 is 10.6 Å². The molecule has 144 valence electrons. The molecule has 4 aliphatic carbocycles. The summed E-state index contributed by atoms with van der Waals surface area (Å²) < 4.78 is 0. The molecule has 0 unspecified atom stereocenters. The second-order valence-electron chi connectivity index (χ2n) is 9.66. The lowest BCUT2D eigenvalue weighted by Crippen LogP contribution is -2.57. The van der Waals surface area contributed by atoms with Crippen LogP contribution in [0.2, 0.25) is 0 Å². The third kappa shape index (κ3) is 2.91. The highest BCUT2D eigenvalue weighted by Crippen LogP contribution is 2.61. The van der Waals surface area contributed by atoms with Gasteiger partial charge in [-0.1, -0.05) is 13.8 Å². The average molecular weight is 361 g/mol. The summed E-state index contributed by atoms with van der Waals surface area (Å²) in [4.78, 5) is 38.1. The molecule has 4 bridgehead atoms. The number of rotatable bonds is 5. The fourth-order valence-corrected chi connectivity index (χ4v) is 6.43. The molecule has 0 aromatic heterocycles. The highest BCUT2D eigenvalue weighted by molar-refractivity contribution is 6.06. The van der Waals surface area contributed by atoms with E-state index in [9.17, 15) is 14.4 Å². The lowest BCUT2D eigenvalue weighted by molar-refractivity contribution is -0.134. The van der Waals surface area contributed by atoms with Crippen LogP contribution >= 0.6 is 0 Å². The predicted octanol–water partition coefficient (Wildman–Crippen LogP) is 2.28. The maximum Gasteiger partial charge on any atom is 0.325 e. The Labute approximate surface area is 155 Å². The van der Waals surface area contributed by atoms with Crippen molar-refractivity contribution in [2.75, 3.05) is 6.54 Å². The third-order valence-corrected chi connectivity index (χ3v) is 7.41. The number of hydrogen-bond acceptors (Lipinski definition) is 3. The first-order chi connectivity index (χ1) is 12.3. The molecule has 5 rings (SSSR count). The molecule has 6 heteroatoms. The van der Waals surface area contributed by atoms with E-state index in [0.717, 1.165) is 22.7 Å². The molecule has 0 aromatic carbocycles. The maximum atomic E-state index is 12.6. The first-order valence-electron chi connectivity index (χ1n) is 10.2. The molecule has 4 amide bonds. The smallest absolute Gasteiger partial charge is 0.325 e. The van der Waals surface area contributed by atoms with Crippen molar-refractivity contribution in [1.29, 1.82) is 0 Å². The van der Waals surface area contributed by atoms with Gasteiger partial charge in [-0.05, 0) is 74.5 Å². The van der Waals surface area contributed by atoms with Crippen molar-refractivity contribution in [3.63, 3.8) is 0 Å². The Kier molecular flexibility index (Phi) is 4.27. The van der Waals surface area contributed by atoms with Gasteiger partial charge in [-0.2, -0.15) is 0 Å². The molecule has 2 atom stereocenters. The molecule has 0 spiro atoms. The second kappa shape index (κ2) is 6.24. The fourth-order valence-electron chi connectivity index (χ4n) is 6.43. The van der Waals surface area contributed by atoms with Crippen molar-refractivity contribution in [3.05, 3.63) is 0 Å². The van der Waals surface area contributed by atoms with Crippen LogP contribution in [0.3, 0.4) is 0 Å². The maximum absolute atomic E-state index is 12.6. The van der Waals surface area contributed by atoms with E-state index in [1.54, 1.807) is 0 Å². The predicted molar refractivity (Wildman–Crippen MR) is 97.1 cm³/mol. The minimum atomic E-state index is -0.518. The first-order valence-corrected chi connectivity index (χ1v) is 10.2. The van der Waals surface area contributed by atoms with Gasteiger partial charge in [0.05, 0.1) is 0 Å². The Balaban J connectivity index is 1.38. The van der Waals surface area contributed by atoms with Crippen molar-refractivity contribution in [2.24, 2.45) is 29.1 Å². The summed E-state index contributed by atoms with van der Waals surface area (Å²) in [6, 6.07) is -0.868. The van der Waals surface area contributed by atoms with Gasteiger partial charge in [0.15, 0.2) is 0 Å². The molecule has 6 nitrogen and oxygen atoms in total. The molecule has 1 saturated heterocycles. The fraction of sp³-hybridized carbons (Fsp3) is 0.850. The lowest BCUT2D eigenvalue weighted by atomic mass is 9.48. The topological polar surface area (TPSA) is 78.5 Å². The van der Waals surface area contributed by atoms with Crippen molar-refractivity contribution in [3.8, 4) is 0 Å². The normalized spacial score (nSPS) is 39.5.